The third-order valence-corrected chi connectivity index (χ3v) is 8.49. The van der Waals surface area contributed by atoms with Crippen molar-refractivity contribution in [3.8, 4) is 11.1 Å². The van der Waals surface area contributed by atoms with Gasteiger partial charge in [-0.3, -0.25) is 9.59 Å². The second-order valence-electron chi connectivity index (χ2n) is 11.0. The molecular weight excluding hydrogens is 617 g/mol. The molecule has 0 bridgehead atoms. The molecule has 3 aromatic carbocycles. The molecule has 1 amide bonds. The number of ether oxygens (including phenoxy) is 2. The van der Waals surface area contributed by atoms with Gasteiger partial charge in [-0.2, -0.15) is 0 Å². The maximum absolute atomic E-state index is 12.2. The molecule has 3 atom stereocenters. The highest BCUT2D eigenvalue weighted by Crippen LogP contribution is 2.39. The van der Waals surface area contributed by atoms with Gasteiger partial charge in [-0.25, -0.2) is 4.98 Å². The van der Waals surface area contributed by atoms with E-state index in [2.05, 4.69) is 10.3 Å². The fourth-order valence-corrected chi connectivity index (χ4v) is 5.58. The SMILES string of the molecule is O=C(O)CCCCC(=O)NCc1cccc(-c2ccc(C3OC(Cn4cnc(Cl)c4Cl)CC(c4ccc(CO)cc4)O3)cc2)c1. The van der Waals surface area contributed by atoms with Gasteiger partial charge in [0.1, 0.15) is 5.15 Å². The van der Waals surface area contributed by atoms with E-state index in [1.807, 2.05) is 72.8 Å². The maximum atomic E-state index is 12.2. The number of benzene rings is 3. The first-order valence-corrected chi connectivity index (χ1v) is 15.6. The zero-order valence-electron chi connectivity index (χ0n) is 24.6. The molecule has 1 fully saturated rings. The third-order valence-electron chi connectivity index (χ3n) is 7.73. The van der Waals surface area contributed by atoms with E-state index < -0.39 is 12.3 Å². The molecule has 1 aliphatic rings. The van der Waals surface area contributed by atoms with Crippen LogP contribution in [0.15, 0.2) is 79.1 Å². The predicted octanol–water partition coefficient (Wildman–Crippen LogP) is 6.86. The van der Waals surface area contributed by atoms with Crippen LogP contribution in [0.1, 0.15) is 66.8 Å². The van der Waals surface area contributed by atoms with Gasteiger partial charge in [-0.1, -0.05) is 89.9 Å². The first-order valence-electron chi connectivity index (χ1n) is 14.8. The number of imidazole rings is 1. The molecule has 2 heterocycles. The Bertz CT molecular complexity index is 1590. The van der Waals surface area contributed by atoms with Crippen molar-refractivity contribution in [2.45, 2.75) is 70.3 Å². The summed E-state index contributed by atoms with van der Waals surface area (Å²) >= 11 is 12.4. The largest absolute Gasteiger partial charge is 0.481 e. The van der Waals surface area contributed by atoms with Crippen molar-refractivity contribution < 1.29 is 29.3 Å². The monoisotopic (exact) mass is 651 g/mol. The van der Waals surface area contributed by atoms with Gasteiger partial charge < -0.3 is 29.6 Å². The van der Waals surface area contributed by atoms with E-state index in [-0.39, 0.29) is 36.3 Å². The molecule has 4 aromatic rings. The minimum absolute atomic E-state index is 0.0277. The molecule has 11 heteroatoms. The first kappa shape index (κ1) is 32.7. The Morgan fingerprint density at radius 2 is 1.64 bits per heavy atom. The van der Waals surface area contributed by atoms with Crippen molar-refractivity contribution in [1.82, 2.24) is 14.9 Å². The van der Waals surface area contributed by atoms with Crippen LogP contribution < -0.4 is 5.32 Å². The number of aliphatic carboxylic acids is 1. The Balaban J connectivity index is 1.26. The molecule has 45 heavy (non-hydrogen) atoms. The number of carbonyl (C=O) groups is 2. The van der Waals surface area contributed by atoms with Crippen molar-refractivity contribution in [2.75, 3.05) is 0 Å². The summed E-state index contributed by atoms with van der Waals surface area (Å²) in [5, 5.41) is 21.7. The van der Waals surface area contributed by atoms with Gasteiger partial charge in [-0.05, 0) is 46.7 Å². The lowest BCUT2D eigenvalue weighted by Crippen LogP contribution is -2.32. The Kier molecular flexibility index (Phi) is 11.3. The summed E-state index contributed by atoms with van der Waals surface area (Å²) in [6.45, 7) is 0.815. The molecular formula is C34H35Cl2N3O6. The van der Waals surface area contributed by atoms with Crippen molar-refractivity contribution in [3.63, 3.8) is 0 Å². The van der Waals surface area contributed by atoms with Crippen molar-refractivity contribution in [3.05, 3.63) is 112 Å². The van der Waals surface area contributed by atoms with Gasteiger partial charge in [0, 0.05) is 31.4 Å². The Morgan fingerprint density at radius 1 is 0.911 bits per heavy atom. The van der Waals surface area contributed by atoms with Crippen LogP contribution in [0.2, 0.25) is 10.3 Å². The number of carboxylic acids is 1. The smallest absolute Gasteiger partial charge is 0.303 e. The van der Waals surface area contributed by atoms with Crippen LogP contribution in [0.3, 0.4) is 0 Å². The Morgan fingerprint density at radius 3 is 2.33 bits per heavy atom. The number of hydrogen-bond acceptors (Lipinski definition) is 6. The highest BCUT2D eigenvalue weighted by molar-refractivity contribution is 6.40. The average molecular weight is 653 g/mol. The van der Waals surface area contributed by atoms with E-state index in [0.717, 1.165) is 33.4 Å². The number of nitrogens with zero attached hydrogens (tertiary/aromatic N) is 2. The molecule has 236 valence electrons. The highest BCUT2D eigenvalue weighted by atomic mass is 35.5. The number of halogens is 2. The quantitative estimate of drug-likeness (QED) is 0.135. The number of aliphatic hydroxyl groups is 1. The summed E-state index contributed by atoms with van der Waals surface area (Å²) in [6, 6.07) is 23.7. The molecule has 0 saturated carbocycles. The lowest BCUT2D eigenvalue weighted by molar-refractivity contribution is -0.252. The summed E-state index contributed by atoms with van der Waals surface area (Å²) < 4.78 is 14.6. The van der Waals surface area contributed by atoms with E-state index in [1.165, 1.54) is 0 Å². The molecule has 0 spiro atoms. The van der Waals surface area contributed by atoms with Crippen molar-refractivity contribution >= 4 is 35.1 Å². The molecule has 1 aromatic heterocycles. The number of rotatable bonds is 13. The average Bonchev–Trinajstić information content (AvgIpc) is 3.38. The molecule has 3 N–H and O–H groups in total. The number of carbonyl (C=O) groups excluding carboxylic acids is 1. The molecule has 3 unspecified atom stereocenters. The first-order chi connectivity index (χ1) is 21.8. The minimum atomic E-state index is -0.848. The number of unbranched alkanes of at least 4 members (excludes halogenated alkanes) is 1. The van der Waals surface area contributed by atoms with Gasteiger partial charge in [0.15, 0.2) is 11.4 Å². The van der Waals surface area contributed by atoms with E-state index in [0.29, 0.717) is 43.9 Å². The number of hydrogen-bond donors (Lipinski definition) is 3. The van der Waals surface area contributed by atoms with Crippen LogP contribution in [-0.4, -0.2) is 37.7 Å². The standard InChI is InChI=1S/C34H35Cl2N3O6/c35-32-33(36)39(21-38-32)19-28-17-29(25-10-8-22(20-40)9-11-25)45-34(44-28)26-14-12-24(13-15-26)27-5-3-4-23(16-27)18-37-30(41)6-1-2-7-31(42)43/h3-5,8-16,21,28-29,34,40H,1-2,6-7,17-20H2,(H,37,41)(H,42,43). The van der Waals surface area contributed by atoms with Crippen molar-refractivity contribution in [1.29, 1.82) is 0 Å². The topological polar surface area (TPSA) is 123 Å². The molecule has 5 rings (SSSR count). The molecule has 0 radical (unpaired) electrons. The molecule has 1 aliphatic heterocycles. The number of nitrogens with one attached hydrogen (secondary N) is 1. The van der Waals surface area contributed by atoms with E-state index in [4.69, 9.17) is 37.8 Å². The Hall–Kier alpha value is -3.73. The second-order valence-corrected chi connectivity index (χ2v) is 11.7. The third kappa shape index (κ3) is 8.93. The summed E-state index contributed by atoms with van der Waals surface area (Å²) in [5.41, 5.74) is 5.65. The number of amides is 1. The highest BCUT2D eigenvalue weighted by Gasteiger charge is 2.33. The lowest BCUT2D eigenvalue weighted by Gasteiger charge is -2.36. The van der Waals surface area contributed by atoms with Crippen molar-refractivity contribution in [2.24, 2.45) is 0 Å². The summed E-state index contributed by atoms with van der Waals surface area (Å²) in [5.74, 6) is -0.943. The molecule has 0 aliphatic carbocycles. The van der Waals surface area contributed by atoms with Crippen LogP contribution >= 0.6 is 23.2 Å². The number of aliphatic hydroxyl groups excluding tert-OH is 1. The van der Waals surface area contributed by atoms with Crippen LogP contribution in [0.25, 0.3) is 11.1 Å². The van der Waals surface area contributed by atoms with Crippen LogP contribution in [0.5, 0.6) is 0 Å². The maximum Gasteiger partial charge on any atom is 0.303 e. The van der Waals surface area contributed by atoms with Gasteiger partial charge in [0.2, 0.25) is 5.91 Å². The minimum Gasteiger partial charge on any atom is -0.481 e. The molecule has 9 nitrogen and oxygen atoms in total. The van der Waals surface area contributed by atoms with Crippen LogP contribution in [0.4, 0.5) is 0 Å². The van der Waals surface area contributed by atoms with Gasteiger partial charge >= 0.3 is 5.97 Å². The number of aromatic nitrogens is 2. The summed E-state index contributed by atoms with van der Waals surface area (Å²) in [7, 11) is 0. The fraction of sp³-hybridized carbons (Fsp3) is 0.324. The van der Waals surface area contributed by atoms with E-state index >= 15 is 0 Å². The zero-order chi connectivity index (χ0) is 31.8. The molecule has 1 saturated heterocycles. The lowest BCUT2D eigenvalue weighted by atomic mass is 9.99. The Labute approximate surface area is 271 Å². The summed E-state index contributed by atoms with van der Waals surface area (Å²) in [6.07, 6.45) is 2.48. The predicted molar refractivity (Wildman–Crippen MR) is 170 cm³/mol. The van der Waals surface area contributed by atoms with Crippen LogP contribution in [0, 0.1) is 0 Å². The van der Waals surface area contributed by atoms with Gasteiger partial charge in [0.25, 0.3) is 0 Å². The van der Waals surface area contributed by atoms with Crippen LogP contribution in [-0.2, 0) is 38.8 Å². The second kappa shape index (κ2) is 15.5. The van der Waals surface area contributed by atoms with Gasteiger partial charge in [-0.15, -0.1) is 0 Å². The number of carboxylic acid groups (broad SMARTS) is 1. The van der Waals surface area contributed by atoms with E-state index in [9.17, 15) is 14.7 Å². The van der Waals surface area contributed by atoms with E-state index in [1.54, 1.807) is 10.9 Å². The van der Waals surface area contributed by atoms with Gasteiger partial charge in [0.05, 0.1) is 31.7 Å². The summed E-state index contributed by atoms with van der Waals surface area (Å²) in [4.78, 5) is 26.9. The normalized spacial score (nSPS) is 18.1. The zero-order valence-corrected chi connectivity index (χ0v) is 26.1. The fourth-order valence-electron chi connectivity index (χ4n) is 5.27.